The number of carbonyl (C=O) groups excluding carboxylic acids is 4. The Balaban J connectivity index is 3.01. The number of hydrogen-bond donors (Lipinski definition) is 3. The molecular weight excluding hydrogens is 386 g/mol. The second-order valence-corrected chi connectivity index (χ2v) is 8.52. The number of alkyl carbamates (subject to hydrolysis) is 1. The van der Waals surface area contributed by atoms with Crippen LogP contribution in [0.2, 0.25) is 0 Å². The summed E-state index contributed by atoms with van der Waals surface area (Å²) >= 11 is 0. The molecule has 3 N–H and O–H groups in total. The van der Waals surface area contributed by atoms with E-state index in [-0.39, 0.29) is 24.7 Å². The average Bonchev–Trinajstić information content (AvgIpc) is 2.68. The lowest BCUT2D eigenvalue weighted by Crippen LogP contribution is -2.58. The van der Waals surface area contributed by atoms with Gasteiger partial charge in [0.15, 0.2) is 5.78 Å². The SMILES string of the molecule is COC(=O)NC(C(=O)N[C@@H](Cc1ccccc1)C(=O)NCC(=O)C(C)C)C(C)(C)C. The number of nitrogens with one attached hydrogen (secondary N) is 3. The lowest BCUT2D eigenvalue weighted by atomic mass is 9.86. The lowest BCUT2D eigenvalue weighted by Gasteiger charge is -2.31. The van der Waals surface area contributed by atoms with E-state index in [1.165, 1.54) is 7.11 Å². The minimum absolute atomic E-state index is 0.104. The van der Waals surface area contributed by atoms with E-state index in [1.54, 1.807) is 34.6 Å². The highest BCUT2D eigenvalue weighted by Gasteiger charge is 2.35. The fourth-order valence-corrected chi connectivity index (χ4v) is 2.67. The third-order valence-corrected chi connectivity index (χ3v) is 4.57. The fraction of sp³-hybridized carbons (Fsp3) is 0.545. The van der Waals surface area contributed by atoms with Crippen molar-refractivity contribution in [3.8, 4) is 0 Å². The topological polar surface area (TPSA) is 114 Å². The van der Waals surface area contributed by atoms with Crippen molar-refractivity contribution in [2.24, 2.45) is 11.3 Å². The second-order valence-electron chi connectivity index (χ2n) is 8.52. The van der Waals surface area contributed by atoms with Crippen molar-refractivity contribution in [2.75, 3.05) is 13.7 Å². The molecule has 0 fully saturated rings. The monoisotopic (exact) mass is 419 g/mol. The Morgan fingerprint density at radius 1 is 0.967 bits per heavy atom. The Labute approximate surface area is 178 Å². The fourth-order valence-electron chi connectivity index (χ4n) is 2.67. The summed E-state index contributed by atoms with van der Waals surface area (Å²) in [6.07, 6.45) is -0.500. The number of Topliss-reactive ketones (excluding diaryl/α,β-unsaturated/α-hetero) is 1. The molecule has 0 spiro atoms. The van der Waals surface area contributed by atoms with E-state index >= 15 is 0 Å². The molecule has 0 radical (unpaired) electrons. The summed E-state index contributed by atoms with van der Waals surface area (Å²) in [5.74, 6) is -1.29. The second kappa shape index (κ2) is 11.3. The molecule has 1 aromatic carbocycles. The maximum absolute atomic E-state index is 13.0. The van der Waals surface area contributed by atoms with Crippen molar-refractivity contribution in [1.82, 2.24) is 16.0 Å². The van der Waals surface area contributed by atoms with E-state index in [4.69, 9.17) is 0 Å². The molecule has 8 heteroatoms. The molecule has 2 atom stereocenters. The molecule has 30 heavy (non-hydrogen) atoms. The third-order valence-electron chi connectivity index (χ3n) is 4.57. The standard InChI is InChI=1S/C22H33N3O5/c1-14(2)17(26)13-23-19(27)16(12-15-10-8-7-9-11-15)24-20(28)18(22(3,4)5)25-21(29)30-6/h7-11,14,16,18H,12-13H2,1-6H3,(H,23,27)(H,24,28)(H,25,29)/t16-,18?/m0/s1. The maximum atomic E-state index is 13.0. The molecular formula is C22H33N3O5. The van der Waals surface area contributed by atoms with Gasteiger partial charge >= 0.3 is 6.09 Å². The Morgan fingerprint density at radius 3 is 2.07 bits per heavy atom. The maximum Gasteiger partial charge on any atom is 0.407 e. The van der Waals surface area contributed by atoms with Crippen molar-refractivity contribution in [2.45, 2.75) is 53.1 Å². The van der Waals surface area contributed by atoms with E-state index in [9.17, 15) is 19.2 Å². The summed E-state index contributed by atoms with van der Waals surface area (Å²) in [6, 6.07) is 7.39. The molecule has 1 rings (SSSR count). The molecule has 0 aliphatic heterocycles. The molecule has 166 valence electrons. The third kappa shape index (κ3) is 8.23. The molecule has 0 heterocycles. The van der Waals surface area contributed by atoms with Crippen LogP contribution in [0.25, 0.3) is 0 Å². The summed E-state index contributed by atoms with van der Waals surface area (Å²) in [5, 5.41) is 7.85. The van der Waals surface area contributed by atoms with Gasteiger partial charge in [-0.1, -0.05) is 65.0 Å². The number of ether oxygens (including phenoxy) is 1. The predicted octanol–water partition coefficient (Wildman–Crippen LogP) is 1.83. The van der Waals surface area contributed by atoms with E-state index in [0.717, 1.165) is 5.56 Å². The van der Waals surface area contributed by atoms with Gasteiger partial charge in [0.25, 0.3) is 0 Å². The van der Waals surface area contributed by atoms with Gasteiger partial charge in [-0.25, -0.2) is 4.79 Å². The Hall–Kier alpha value is -2.90. The summed E-state index contributed by atoms with van der Waals surface area (Å²) < 4.78 is 4.61. The van der Waals surface area contributed by atoms with Crippen LogP contribution >= 0.6 is 0 Å². The van der Waals surface area contributed by atoms with Gasteiger partial charge in [-0.3, -0.25) is 14.4 Å². The number of ketones is 1. The van der Waals surface area contributed by atoms with Gasteiger partial charge in [-0.2, -0.15) is 0 Å². The van der Waals surface area contributed by atoms with E-state index < -0.39 is 35.4 Å². The first-order chi connectivity index (χ1) is 14.0. The van der Waals surface area contributed by atoms with Gasteiger partial charge in [0.1, 0.15) is 12.1 Å². The summed E-state index contributed by atoms with van der Waals surface area (Å²) in [4.78, 5) is 49.3. The van der Waals surface area contributed by atoms with Gasteiger partial charge in [-0.15, -0.1) is 0 Å². The van der Waals surface area contributed by atoms with Gasteiger partial charge < -0.3 is 20.7 Å². The highest BCUT2D eigenvalue weighted by molar-refractivity contribution is 5.93. The van der Waals surface area contributed by atoms with E-state index in [0.29, 0.717) is 0 Å². The molecule has 3 amide bonds. The predicted molar refractivity (Wildman–Crippen MR) is 114 cm³/mol. The van der Waals surface area contributed by atoms with Crippen LogP contribution in [0, 0.1) is 11.3 Å². The van der Waals surface area contributed by atoms with Crippen LogP contribution in [-0.4, -0.2) is 49.4 Å². The van der Waals surface area contributed by atoms with Crippen molar-refractivity contribution in [3.63, 3.8) is 0 Å². The molecule has 1 unspecified atom stereocenters. The number of amides is 3. The van der Waals surface area contributed by atoms with Gasteiger partial charge in [0.05, 0.1) is 13.7 Å². The van der Waals surface area contributed by atoms with E-state index in [1.807, 2.05) is 30.3 Å². The first-order valence-corrected chi connectivity index (χ1v) is 9.95. The molecule has 0 bridgehead atoms. The first-order valence-electron chi connectivity index (χ1n) is 9.95. The Kier molecular flexibility index (Phi) is 9.49. The molecule has 0 aliphatic carbocycles. The quantitative estimate of drug-likeness (QED) is 0.565. The lowest BCUT2D eigenvalue weighted by molar-refractivity contribution is -0.132. The minimum atomic E-state index is -0.923. The van der Waals surface area contributed by atoms with Gasteiger partial charge in [0.2, 0.25) is 11.8 Å². The van der Waals surface area contributed by atoms with Crippen LogP contribution in [0.5, 0.6) is 0 Å². The van der Waals surface area contributed by atoms with Crippen molar-refractivity contribution in [3.05, 3.63) is 35.9 Å². The van der Waals surface area contributed by atoms with Crippen LogP contribution in [0.3, 0.4) is 0 Å². The van der Waals surface area contributed by atoms with Gasteiger partial charge in [-0.05, 0) is 11.0 Å². The number of benzene rings is 1. The zero-order valence-electron chi connectivity index (χ0n) is 18.6. The van der Waals surface area contributed by atoms with E-state index in [2.05, 4.69) is 20.7 Å². The number of carbonyl (C=O) groups is 4. The van der Waals surface area contributed by atoms with Crippen molar-refractivity contribution >= 4 is 23.7 Å². The smallest absolute Gasteiger partial charge is 0.407 e. The largest absolute Gasteiger partial charge is 0.453 e. The minimum Gasteiger partial charge on any atom is -0.453 e. The van der Waals surface area contributed by atoms with Crippen LogP contribution in [0.15, 0.2) is 30.3 Å². The van der Waals surface area contributed by atoms with Crippen LogP contribution in [0.1, 0.15) is 40.2 Å². The van der Waals surface area contributed by atoms with Crippen LogP contribution in [-0.2, 0) is 25.5 Å². The first kappa shape index (κ1) is 25.1. The summed E-state index contributed by atoms with van der Waals surface area (Å²) in [7, 11) is 1.21. The number of hydrogen-bond acceptors (Lipinski definition) is 5. The van der Waals surface area contributed by atoms with Crippen molar-refractivity contribution in [1.29, 1.82) is 0 Å². The van der Waals surface area contributed by atoms with Gasteiger partial charge in [0, 0.05) is 12.3 Å². The zero-order valence-corrected chi connectivity index (χ0v) is 18.6. The molecule has 1 aromatic rings. The van der Waals surface area contributed by atoms with Crippen LogP contribution in [0.4, 0.5) is 4.79 Å². The highest BCUT2D eigenvalue weighted by atomic mass is 16.5. The highest BCUT2D eigenvalue weighted by Crippen LogP contribution is 2.20. The average molecular weight is 420 g/mol. The molecule has 0 aromatic heterocycles. The Morgan fingerprint density at radius 2 is 1.57 bits per heavy atom. The number of methoxy groups -OCH3 is 1. The Bertz CT molecular complexity index is 741. The molecule has 0 saturated carbocycles. The van der Waals surface area contributed by atoms with Crippen molar-refractivity contribution < 1.29 is 23.9 Å². The number of rotatable bonds is 9. The molecule has 0 aliphatic rings. The normalized spacial score (nSPS) is 13.2. The zero-order chi connectivity index (χ0) is 22.9. The van der Waals surface area contributed by atoms with Crippen LogP contribution < -0.4 is 16.0 Å². The molecule has 0 saturated heterocycles. The molecule has 8 nitrogen and oxygen atoms in total. The summed E-state index contributed by atoms with van der Waals surface area (Å²) in [6.45, 7) is 8.78. The summed E-state index contributed by atoms with van der Waals surface area (Å²) in [5.41, 5.74) is 0.223.